The number of amides is 2. The normalized spacial score (nSPS) is 16.6. The lowest BCUT2D eigenvalue weighted by Gasteiger charge is -2.23. The number of aromatic nitrogens is 2. The summed E-state index contributed by atoms with van der Waals surface area (Å²) in [5.41, 5.74) is 1.81. The molecular weight excluding hydrogens is 366 g/mol. The van der Waals surface area contributed by atoms with Crippen LogP contribution in [-0.4, -0.2) is 38.2 Å². The van der Waals surface area contributed by atoms with Gasteiger partial charge in [-0.05, 0) is 30.7 Å². The standard InChI is InChI=1S/C23H17N3O3/c27-21-11-10-19(26(21)22(28)15-6-2-1-3-7-15)23(29)25-18-9-5-4-8-16(18)17-12-13-24-14-20(17)25/h1-9,12-14,19H,10-11H2/t19-/m0/s1. The molecule has 1 aliphatic rings. The van der Waals surface area contributed by atoms with Gasteiger partial charge in [0.25, 0.3) is 11.8 Å². The summed E-state index contributed by atoms with van der Waals surface area (Å²) >= 11 is 0. The average molecular weight is 383 g/mol. The molecule has 0 N–H and O–H groups in total. The predicted molar refractivity (Wildman–Crippen MR) is 109 cm³/mol. The van der Waals surface area contributed by atoms with E-state index in [9.17, 15) is 14.4 Å². The van der Waals surface area contributed by atoms with Crippen LogP contribution in [0.3, 0.4) is 0 Å². The minimum absolute atomic E-state index is 0.171. The highest BCUT2D eigenvalue weighted by Crippen LogP contribution is 2.31. The summed E-state index contributed by atoms with van der Waals surface area (Å²) in [6, 6.07) is 17.2. The van der Waals surface area contributed by atoms with Gasteiger partial charge in [-0.1, -0.05) is 36.4 Å². The summed E-state index contributed by atoms with van der Waals surface area (Å²) < 4.78 is 1.59. The van der Waals surface area contributed by atoms with Crippen molar-refractivity contribution in [3.8, 4) is 0 Å². The molecule has 1 aliphatic heterocycles. The van der Waals surface area contributed by atoms with Gasteiger partial charge in [-0.15, -0.1) is 0 Å². The largest absolute Gasteiger partial charge is 0.276 e. The summed E-state index contributed by atoms with van der Waals surface area (Å²) in [4.78, 5) is 44.4. The van der Waals surface area contributed by atoms with Crippen LogP contribution in [0.1, 0.15) is 28.0 Å². The van der Waals surface area contributed by atoms with Crippen LogP contribution in [0, 0.1) is 0 Å². The molecule has 0 saturated carbocycles. The first-order chi connectivity index (χ1) is 14.2. The Kier molecular flexibility index (Phi) is 3.98. The van der Waals surface area contributed by atoms with E-state index in [0.717, 1.165) is 21.2 Å². The van der Waals surface area contributed by atoms with Gasteiger partial charge in [0.15, 0.2) is 0 Å². The van der Waals surface area contributed by atoms with E-state index in [1.807, 2.05) is 30.3 Å². The highest BCUT2D eigenvalue weighted by atomic mass is 16.2. The van der Waals surface area contributed by atoms with Crippen molar-refractivity contribution in [1.29, 1.82) is 0 Å². The number of carbonyl (C=O) groups excluding carboxylic acids is 3. The first-order valence-corrected chi connectivity index (χ1v) is 9.45. The topological polar surface area (TPSA) is 72.3 Å². The molecule has 2 amide bonds. The number of benzene rings is 2. The molecule has 0 aliphatic carbocycles. The Morgan fingerprint density at radius 2 is 1.62 bits per heavy atom. The van der Waals surface area contributed by atoms with Crippen LogP contribution < -0.4 is 0 Å². The van der Waals surface area contributed by atoms with Crippen LogP contribution in [0.4, 0.5) is 0 Å². The smallest absolute Gasteiger partial charge is 0.261 e. The number of pyridine rings is 1. The Balaban J connectivity index is 1.63. The highest BCUT2D eigenvalue weighted by Gasteiger charge is 2.41. The van der Waals surface area contributed by atoms with Gasteiger partial charge in [0.05, 0.1) is 17.2 Å². The van der Waals surface area contributed by atoms with Crippen molar-refractivity contribution < 1.29 is 14.4 Å². The summed E-state index contributed by atoms with van der Waals surface area (Å²) in [6.07, 6.45) is 3.82. The highest BCUT2D eigenvalue weighted by molar-refractivity contribution is 6.16. The van der Waals surface area contributed by atoms with E-state index in [1.54, 1.807) is 47.3 Å². The third kappa shape index (κ3) is 2.64. The lowest BCUT2D eigenvalue weighted by Crippen LogP contribution is -2.44. The molecule has 142 valence electrons. The van der Waals surface area contributed by atoms with Crippen molar-refractivity contribution in [2.24, 2.45) is 0 Å². The SMILES string of the molecule is O=C1CC[C@@H](C(=O)n2c3ccccc3c3ccncc32)N1C(=O)c1ccccc1. The van der Waals surface area contributed by atoms with Crippen molar-refractivity contribution in [1.82, 2.24) is 14.5 Å². The predicted octanol–water partition coefficient (Wildman–Crippen LogP) is 3.66. The van der Waals surface area contributed by atoms with E-state index < -0.39 is 11.9 Å². The molecule has 29 heavy (non-hydrogen) atoms. The second-order valence-electron chi connectivity index (χ2n) is 7.07. The second-order valence-corrected chi connectivity index (χ2v) is 7.07. The van der Waals surface area contributed by atoms with E-state index in [1.165, 1.54) is 0 Å². The first kappa shape index (κ1) is 17.3. The van der Waals surface area contributed by atoms with E-state index in [4.69, 9.17) is 0 Å². The number of hydrogen-bond acceptors (Lipinski definition) is 4. The number of para-hydroxylation sites is 1. The summed E-state index contributed by atoms with van der Waals surface area (Å²) in [5, 5.41) is 1.85. The minimum atomic E-state index is -0.839. The fourth-order valence-corrected chi connectivity index (χ4v) is 4.10. The minimum Gasteiger partial charge on any atom is -0.276 e. The van der Waals surface area contributed by atoms with Crippen LogP contribution in [0.25, 0.3) is 21.8 Å². The zero-order valence-corrected chi connectivity index (χ0v) is 15.5. The maximum Gasteiger partial charge on any atom is 0.261 e. The number of nitrogens with zero attached hydrogens (tertiary/aromatic N) is 3. The van der Waals surface area contributed by atoms with Gasteiger partial charge in [-0.2, -0.15) is 0 Å². The maximum absolute atomic E-state index is 13.6. The lowest BCUT2D eigenvalue weighted by molar-refractivity contribution is -0.126. The van der Waals surface area contributed by atoms with Gasteiger partial charge >= 0.3 is 0 Å². The lowest BCUT2D eigenvalue weighted by atomic mass is 10.1. The van der Waals surface area contributed by atoms with Crippen molar-refractivity contribution in [3.63, 3.8) is 0 Å². The van der Waals surface area contributed by atoms with Gasteiger partial charge in [0, 0.05) is 29.0 Å². The maximum atomic E-state index is 13.6. The molecule has 1 saturated heterocycles. The van der Waals surface area contributed by atoms with Gasteiger partial charge in [0.1, 0.15) is 6.04 Å². The molecule has 6 heteroatoms. The number of rotatable bonds is 2. The molecule has 5 rings (SSSR count). The first-order valence-electron chi connectivity index (χ1n) is 9.45. The Hall–Kier alpha value is -3.80. The van der Waals surface area contributed by atoms with E-state index in [-0.39, 0.29) is 18.2 Å². The molecule has 0 unspecified atom stereocenters. The van der Waals surface area contributed by atoms with Crippen molar-refractivity contribution in [2.45, 2.75) is 18.9 Å². The van der Waals surface area contributed by atoms with Crippen molar-refractivity contribution in [3.05, 3.63) is 78.6 Å². The molecule has 1 fully saturated rings. The van der Waals surface area contributed by atoms with E-state index >= 15 is 0 Å². The molecule has 0 radical (unpaired) electrons. The third-order valence-corrected chi connectivity index (χ3v) is 5.43. The molecule has 2 aromatic carbocycles. The van der Waals surface area contributed by atoms with Gasteiger partial charge in [-0.3, -0.25) is 28.8 Å². The van der Waals surface area contributed by atoms with Gasteiger partial charge in [-0.25, -0.2) is 0 Å². The quantitative estimate of drug-likeness (QED) is 0.495. The number of imide groups is 1. The van der Waals surface area contributed by atoms with E-state index in [0.29, 0.717) is 17.5 Å². The Labute approximate surface area is 166 Å². The monoisotopic (exact) mass is 383 g/mol. The molecule has 4 aromatic rings. The average Bonchev–Trinajstić information content (AvgIpc) is 3.31. The third-order valence-electron chi connectivity index (χ3n) is 5.43. The number of hydrogen-bond donors (Lipinski definition) is 0. The van der Waals surface area contributed by atoms with Crippen molar-refractivity contribution >= 4 is 39.5 Å². The van der Waals surface area contributed by atoms with Crippen molar-refractivity contribution in [2.75, 3.05) is 0 Å². The summed E-state index contributed by atoms with van der Waals surface area (Å²) in [5.74, 6) is -1.05. The molecule has 2 aromatic heterocycles. The zero-order chi connectivity index (χ0) is 20.0. The number of likely N-dealkylation sites (tertiary alicyclic amines) is 1. The fourth-order valence-electron chi connectivity index (χ4n) is 4.10. The number of fused-ring (bicyclic) bond motifs is 3. The Morgan fingerprint density at radius 1 is 0.897 bits per heavy atom. The second kappa shape index (κ2) is 6.67. The van der Waals surface area contributed by atoms with Crippen LogP contribution in [0.2, 0.25) is 0 Å². The van der Waals surface area contributed by atoms with Gasteiger partial charge < -0.3 is 0 Å². The molecule has 6 nitrogen and oxygen atoms in total. The zero-order valence-electron chi connectivity index (χ0n) is 15.5. The number of carbonyl (C=O) groups is 3. The van der Waals surface area contributed by atoms with Crippen LogP contribution in [-0.2, 0) is 4.79 Å². The summed E-state index contributed by atoms with van der Waals surface area (Å²) in [6.45, 7) is 0. The Bertz CT molecular complexity index is 1220. The molecular formula is C23H17N3O3. The molecule has 0 spiro atoms. The van der Waals surface area contributed by atoms with Crippen LogP contribution in [0.15, 0.2) is 73.1 Å². The van der Waals surface area contributed by atoms with Gasteiger partial charge in [0.2, 0.25) is 5.91 Å². The Morgan fingerprint density at radius 3 is 2.45 bits per heavy atom. The molecule has 1 atom stereocenters. The fraction of sp³-hybridized carbons (Fsp3) is 0.130. The van der Waals surface area contributed by atoms with Crippen LogP contribution in [0.5, 0.6) is 0 Å². The van der Waals surface area contributed by atoms with E-state index in [2.05, 4.69) is 4.98 Å². The molecule has 3 heterocycles. The molecule has 0 bridgehead atoms. The summed E-state index contributed by atoms with van der Waals surface area (Å²) in [7, 11) is 0. The van der Waals surface area contributed by atoms with Crippen LogP contribution >= 0.6 is 0 Å².